The fourth-order valence-electron chi connectivity index (χ4n) is 2.84. The van der Waals surface area contributed by atoms with E-state index in [9.17, 15) is 4.79 Å². The third-order valence-corrected chi connectivity index (χ3v) is 5.62. The minimum atomic E-state index is -0.0218. The Morgan fingerprint density at radius 3 is 3.11 bits per heavy atom. The highest BCUT2D eigenvalue weighted by Crippen LogP contribution is 2.33. The van der Waals surface area contributed by atoms with Gasteiger partial charge in [-0.2, -0.15) is 0 Å². The van der Waals surface area contributed by atoms with Crippen molar-refractivity contribution in [1.29, 1.82) is 0 Å². The second kappa shape index (κ2) is 6.20. The molecule has 4 heteroatoms. The van der Waals surface area contributed by atoms with E-state index >= 15 is 0 Å². The Morgan fingerprint density at radius 1 is 1.67 bits per heavy atom. The van der Waals surface area contributed by atoms with E-state index in [0.717, 1.165) is 23.0 Å². The Morgan fingerprint density at radius 2 is 2.50 bits per heavy atom. The molecule has 0 radical (unpaired) electrons. The molecule has 2 atom stereocenters. The summed E-state index contributed by atoms with van der Waals surface area (Å²) in [7, 11) is 0. The fraction of sp³-hybridized carbons (Fsp3) is 0.643. The van der Waals surface area contributed by atoms with Gasteiger partial charge in [-0.1, -0.05) is 41.8 Å². The van der Waals surface area contributed by atoms with E-state index < -0.39 is 0 Å². The van der Waals surface area contributed by atoms with E-state index in [1.807, 2.05) is 17.5 Å². The SMILES string of the molecule is CC1CCCC(CBr)(NC(=O)Cc2cccs2)C1. The largest absolute Gasteiger partial charge is 0.350 e. The van der Waals surface area contributed by atoms with Crippen LogP contribution in [-0.4, -0.2) is 16.8 Å². The molecule has 1 aromatic rings. The van der Waals surface area contributed by atoms with Crippen molar-refractivity contribution in [3.8, 4) is 0 Å². The standard InChI is InChI=1S/C14H20BrNOS/c1-11-4-2-6-14(9-11,10-15)16-13(17)8-12-5-3-7-18-12/h3,5,7,11H,2,4,6,8-10H2,1H3,(H,16,17). The van der Waals surface area contributed by atoms with Gasteiger partial charge in [-0.25, -0.2) is 0 Å². The van der Waals surface area contributed by atoms with Crippen LogP contribution in [0.3, 0.4) is 0 Å². The number of alkyl halides is 1. The zero-order valence-corrected chi connectivity index (χ0v) is 13.1. The molecule has 0 bridgehead atoms. The van der Waals surface area contributed by atoms with Crippen LogP contribution in [0.5, 0.6) is 0 Å². The molecular weight excluding hydrogens is 310 g/mol. The first-order valence-corrected chi connectivity index (χ1v) is 8.53. The molecule has 2 rings (SSSR count). The van der Waals surface area contributed by atoms with Crippen LogP contribution in [-0.2, 0) is 11.2 Å². The van der Waals surface area contributed by atoms with Gasteiger partial charge in [-0.05, 0) is 30.2 Å². The maximum Gasteiger partial charge on any atom is 0.225 e. The molecule has 1 aliphatic rings. The maximum atomic E-state index is 12.1. The molecule has 18 heavy (non-hydrogen) atoms. The Kier molecular flexibility index (Phi) is 4.84. The smallest absolute Gasteiger partial charge is 0.225 e. The third kappa shape index (κ3) is 3.58. The molecule has 2 nitrogen and oxygen atoms in total. The van der Waals surface area contributed by atoms with Crippen molar-refractivity contribution in [3.05, 3.63) is 22.4 Å². The number of carbonyl (C=O) groups is 1. The number of rotatable bonds is 4. The topological polar surface area (TPSA) is 29.1 Å². The van der Waals surface area contributed by atoms with Crippen molar-refractivity contribution < 1.29 is 4.79 Å². The number of thiophene rings is 1. The lowest BCUT2D eigenvalue weighted by Gasteiger charge is -2.39. The van der Waals surface area contributed by atoms with Crippen molar-refractivity contribution >= 4 is 33.2 Å². The number of halogens is 1. The van der Waals surface area contributed by atoms with E-state index in [-0.39, 0.29) is 11.4 Å². The van der Waals surface area contributed by atoms with Crippen LogP contribution in [0.2, 0.25) is 0 Å². The second-order valence-corrected chi connectivity index (χ2v) is 7.01. The summed E-state index contributed by atoms with van der Waals surface area (Å²) >= 11 is 5.24. The van der Waals surface area contributed by atoms with Gasteiger partial charge in [0.05, 0.1) is 6.42 Å². The third-order valence-electron chi connectivity index (χ3n) is 3.67. The van der Waals surface area contributed by atoms with Gasteiger partial charge in [0.15, 0.2) is 0 Å². The zero-order chi connectivity index (χ0) is 13.0. The van der Waals surface area contributed by atoms with Gasteiger partial charge in [-0.15, -0.1) is 11.3 Å². The minimum absolute atomic E-state index is 0.0218. The number of nitrogens with one attached hydrogen (secondary N) is 1. The van der Waals surface area contributed by atoms with Gasteiger partial charge in [0.2, 0.25) is 5.91 Å². The predicted molar refractivity (Wildman–Crippen MR) is 80.3 cm³/mol. The van der Waals surface area contributed by atoms with Crippen molar-refractivity contribution in [3.63, 3.8) is 0 Å². The van der Waals surface area contributed by atoms with E-state index in [2.05, 4.69) is 28.2 Å². The van der Waals surface area contributed by atoms with Crippen LogP contribution in [0.1, 0.15) is 37.5 Å². The van der Waals surface area contributed by atoms with Gasteiger partial charge in [0.25, 0.3) is 0 Å². The number of hydrogen-bond donors (Lipinski definition) is 1. The molecule has 100 valence electrons. The fourth-order valence-corrected chi connectivity index (χ4v) is 4.19. The van der Waals surface area contributed by atoms with E-state index in [0.29, 0.717) is 12.3 Å². The number of amides is 1. The summed E-state index contributed by atoms with van der Waals surface area (Å²) in [5, 5.41) is 6.15. The average Bonchev–Trinajstić information content (AvgIpc) is 2.81. The first-order valence-electron chi connectivity index (χ1n) is 6.53. The van der Waals surface area contributed by atoms with Crippen molar-refractivity contribution in [2.24, 2.45) is 5.92 Å². The molecular formula is C14H20BrNOS. The number of carbonyl (C=O) groups excluding carboxylic acids is 1. The summed E-state index contributed by atoms with van der Waals surface area (Å²) in [6, 6.07) is 4.02. The van der Waals surface area contributed by atoms with Gasteiger partial charge >= 0.3 is 0 Å². The Balaban J connectivity index is 1.95. The highest BCUT2D eigenvalue weighted by Gasteiger charge is 2.35. The molecule has 0 aromatic carbocycles. The molecule has 1 heterocycles. The molecule has 1 saturated carbocycles. The monoisotopic (exact) mass is 329 g/mol. The van der Waals surface area contributed by atoms with Crippen molar-refractivity contribution in [2.75, 3.05) is 5.33 Å². The Labute approximate surface area is 121 Å². The summed E-state index contributed by atoms with van der Waals surface area (Å²) in [5.74, 6) is 0.865. The zero-order valence-electron chi connectivity index (χ0n) is 10.7. The van der Waals surface area contributed by atoms with Crippen molar-refractivity contribution in [2.45, 2.75) is 44.6 Å². The quantitative estimate of drug-likeness (QED) is 0.837. The molecule has 1 fully saturated rings. The van der Waals surface area contributed by atoms with Gasteiger partial charge in [0.1, 0.15) is 0 Å². The summed E-state index contributed by atoms with van der Waals surface area (Å²) in [6.45, 7) is 2.28. The van der Waals surface area contributed by atoms with Gasteiger partial charge < -0.3 is 5.32 Å². The predicted octanol–water partition coefficient (Wildman–Crippen LogP) is 3.75. The van der Waals surface area contributed by atoms with E-state index in [4.69, 9.17) is 0 Å². The number of hydrogen-bond acceptors (Lipinski definition) is 2. The van der Waals surface area contributed by atoms with Crippen LogP contribution in [0.15, 0.2) is 17.5 Å². The van der Waals surface area contributed by atoms with Crippen LogP contribution < -0.4 is 5.32 Å². The molecule has 1 amide bonds. The highest BCUT2D eigenvalue weighted by molar-refractivity contribution is 9.09. The van der Waals surface area contributed by atoms with E-state index in [1.165, 1.54) is 12.8 Å². The normalized spacial score (nSPS) is 28.0. The van der Waals surface area contributed by atoms with E-state index in [1.54, 1.807) is 11.3 Å². The average molecular weight is 330 g/mol. The molecule has 1 aromatic heterocycles. The summed E-state index contributed by atoms with van der Waals surface area (Å²) in [4.78, 5) is 13.3. The molecule has 0 aliphatic heterocycles. The lowest BCUT2D eigenvalue weighted by Crippen LogP contribution is -2.53. The summed E-state index contributed by atoms with van der Waals surface area (Å²) in [5.41, 5.74) is -0.0218. The minimum Gasteiger partial charge on any atom is -0.350 e. The lowest BCUT2D eigenvalue weighted by molar-refractivity contribution is -0.122. The lowest BCUT2D eigenvalue weighted by atomic mass is 9.77. The van der Waals surface area contributed by atoms with Crippen LogP contribution in [0, 0.1) is 5.92 Å². The van der Waals surface area contributed by atoms with Crippen LogP contribution >= 0.6 is 27.3 Å². The first kappa shape index (κ1) is 14.1. The Bertz CT molecular complexity index is 393. The van der Waals surface area contributed by atoms with Crippen LogP contribution in [0.4, 0.5) is 0 Å². The molecule has 2 unspecified atom stereocenters. The summed E-state index contributed by atoms with van der Waals surface area (Å²) < 4.78 is 0. The molecule has 0 saturated heterocycles. The highest BCUT2D eigenvalue weighted by atomic mass is 79.9. The van der Waals surface area contributed by atoms with Gasteiger partial charge in [0, 0.05) is 15.7 Å². The molecule has 0 spiro atoms. The second-order valence-electron chi connectivity index (χ2n) is 5.42. The molecule has 1 aliphatic carbocycles. The first-order chi connectivity index (χ1) is 8.63. The van der Waals surface area contributed by atoms with Crippen molar-refractivity contribution in [1.82, 2.24) is 5.32 Å². The maximum absolute atomic E-state index is 12.1. The van der Waals surface area contributed by atoms with Gasteiger partial charge in [-0.3, -0.25) is 4.79 Å². The molecule has 1 N–H and O–H groups in total. The summed E-state index contributed by atoms with van der Waals surface area (Å²) in [6.07, 6.45) is 5.20. The Hall–Kier alpha value is -0.350. The van der Waals surface area contributed by atoms with Crippen LogP contribution in [0.25, 0.3) is 0 Å².